The third-order valence-electron chi connectivity index (χ3n) is 4.61. The highest BCUT2D eigenvalue weighted by Gasteiger charge is 2.30. The number of halogens is 1. The molecule has 2 N–H and O–H groups in total. The smallest absolute Gasteiger partial charge is 0.256 e. The lowest BCUT2D eigenvalue weighted by Crippen LogP contribution is -2.28. The van der Waals surface area contributed by atoms with Gasteiger partial charge >= 0.3 is 0 Å². The number of carbonyl (C=O) groups excluding carboxylic acids is 3. The van der Waals surface area contributed by atoms with Crippen LogP contribution in [0.25, 0.3) is 0 Å². The van der Waals surface area contributed by atoms with Gasteiger partial charge in [0, 0.05) is 23.2 Å². The van der Waals surface area contributed by atoms with Crippen molar-refractivity contribution in [3.05, 3.63) is 106 Å². The lowest BCUT2D eigenvalue weighted by Gasteiger charge is -2.19. The molecule has 1 aliphatic rings. The van der Waals surface area contributed by atoms with Crippen molar-refractivity contribution in [3.8, 4) is 0 Å². The average molecular weight is 434 g/mol. The Kier molecular flexibility index (Phi) is 6.95. The Labute approximate surface area is 185 Å². The first-order valence-corrected chi connectivity index (χ1v) is 9.86. The minimum atomic E-state index is -0.385. The van der Waals surface area contributed by atoms with E-state index in [1.165, 1.54) is 0 Å². The van der Waals surface area contributed by atoms with E-state index in [-0.39, 0.29) is 34.7 Å². The SMILES string of the molecule is C=N/C(=C\C=C/C)NC(=O)c1ccc(CNC2=C(Cl)C(=O)c3ccccc3C2=O)cc1. The molecule has 0 aliphatic heterocycles. The predicted molar refractivity (Wildman–Crippen MR) is 121 cm³/mol. The second-order valence-electron chi connectivity index (χ2n) is 6.63. The van der Waals surface area contributed by atoms with Gasteiger partial charge < -0.3 is 10.6 Å². The quantitative estimate of drug-likeness (QED) is 0.507. The number of ketones is 2. The maximum Gasteiger partial charge on any atom is 0.256 e. The zero-order valence-electron chi connectivity index (χ0n) is 16.8. The van der Waals surface area contributed by atoms with Crippen molar-refractivity contribution in [2.75, 3.05) is 0 Å². The molecule has 0 aromatic heterocycles. The summed E-state index contributed by atoms with van der Waals surface area (Å²) >= 11 is 6.16. The molecule has 7 heteroatoms. The van der Waals surface area contributed by atoms with Gasteiger partial charge in [-0.05, 0) is 37.4 Å². The van der Waals surface area contributed by atoms with Crippen molar-refractivity contribution in [3.63, 3.8) is 0 Å². The molecule has 2 aromatic rings. The lowest BCUT2D eigenvalue weighted by atomic mass is 9.92. The molecule has 3 rings (SSSR count). The fourth-order valence-corrected chi connectivity index (χ4v) is 3.23. The third kappa shape index (κ3) is 4.87. The van der Waals surface area contributed by atoms with Crippen LogP contribution in [0.5, 0.6) is 0 Å². The fourth-order valence-electron chi connectivity index (χ4n) is 2.98. The highest BCUT2D eigenvalue weighted by molar-refractivity contribution is 6.49. The molecular formula is C24H20ClN3O3. The van der Waals surface area contributed by atoms with Gasteiger partial charge in [-0.2, -0.15) is 0 Å². The predicted octanol–water partition coefficient (Wildman–Crippen LogP) is 4.15. The van der Waals surface area contributed by atoms with Gasteiger partial charge in [0.2, 0.25) is 11.6 Å². The molecule has 156 valence electrons. The Morgan fingerprint density at radius 1 is 1.06 bits per heavy atom. The van der Waals surface area contributed by atoms with E-state index in [9.17, 15) is 14.4 Å². The fraction of sp³-hybridized carbons (Fsp3) is 0.0833. The van der Waals surface area contributed by atoms with Crippen LogP contribution in [0.15, 0.2) is 88.3 Å². The van der Waals surface area contributed by atoms with E-state index in [1.54, 1.807) is 60.7 Å². The molecule has 1 amide bonds. The van der Waals surface area contributed by atoms with Gasteiger partial charge in [-0.1, -0.05) is 60.2 Å². The van der Waals surface area contributed by atoms with Gasteiger partial charge in [-0.15, -0.1) is 0 Å². The molecule has 2 aromatic carbocycles. The molecule has 0 spiro atoms. The third-order valence-corrected chi connectivity index (χ3v) is 4.97. The van der Waals surface area contributed by atoms with Crippen molar-refractivity contribution in [1.29, 1.82) is 0 Å². The minimum Gasteiger partial charge on any atom is -0.376 e. The van der Waals surface area contributed by atoms with Crippen LogP contribution < -0.4 is 10.6 Å². The molecule has 0 saturated heterocycles. The summed E-state index contributed by atoms with van der Waals surface area (Å²) in [6.07, 6.45) is 5.19. The van der Waals surface area contributed by atoms with Gasteiger partial charge in [0.05, 0.1) is 0 Å². The van der Waals surface area contributed by atoms with Gasteiger partial charge in [-0.25, -0.2) is 4.99 Å². The summed E-state index contributed by atoms with van der Waals surface area (Å²) in [6, 6.07) is 13.4. The van der Waals surface area contributed by atoms with Crippen LogP contribution >= 0.6 is 11.6 Å². The molecule has 0 fully saturated rings. The van der Waals surface area contributed by atoms with E-state index in [4.69, 9.17) is 11.6 Å². The van der Waals surface area contributed by atoms with Crippen LogP contribution in [0.3, 0.4) is 0 Å². The minimum absolute atomic E-state index is 0.0722. The highest BCUT2D eigenvalue weighted by Crippen LogP contribution is 2.27. The van der Waals surface area contributed by atoms with Crippen LogP contribution in [-0.4, -0.2) is 24.2 Å². The first-order chi connectivity index (χ1) is 15.0. The number of aliphatic imine (C=N–C) groups is 1. The molecule has 0 radical (unpaired) electrons. The van der Waals surface area contributed by atoms with Gasteiger partial charge in [-0.3, -0.25) is 14.4 Å². The molecule has 1 aliphatic carbocycles. The van der Waals surface area contributed by atoms with E-state index < -0.39 is 0 Å². The van der Waals surface area contributed by atoms with Gasteiger partial charge in [0.1, 0.15) is 16.6 Å². The lowest BCUT2D eigenvalue weighted by molar-refractivity contribution is 0.0964. The van der Waals surface area contributed by atoms with E-state index >= 15 is 0 Å². The van der Waals surface area contributed by atoms with E-state index in [2.05, 4.69) is 22.3 Å². The number of benzene rings is 2. The van der Waals surface area contributed by atoms with E-state index in [0.29, 0.717) is 22.5 Å². The topological polar surface area (TPSA) is 87.6 Å². The molecular weight excluding hydrogens is 414 g/mol. The molecule has 0 bridgehead atoms. The maximum absolute atomic E-state index is 12.7. The standard InChI is InChI=1S/C24H20ClN3O3/c1-3-4-9-19(26-2)28-24(31)16-12-10-15(11-13-16)14-27-21-20(25)22(29)17-7-5-6-8-18(17)23(21)30/h3-13,27H,2,14H2,1H3,(H,28,31)/b4-3-,19-9+. The second-order valence-corrected chi connectivity index (χ2v) is 7.01. The van der Waals surface area contributed by atoms with Crippen LogP contribution in [0.1, 0.15) is 43.6 Å². The number of amides is 1. The molecule has 0 saturated carbocycles. The van der Waals surface area contributed by atoms with Crippen molar-refractivity contribution in [1.82, 2.24) is 10.6 Å². The number of nitrogens with one attached hydrogen (secondary N) is 2. The van der Waals surface area contributed by atoms with Gasteiger partial charge in [0.25, 0.3) is 5.91 Å². The largest absolute Gasteiger partial charge is 0.376 e. The molecule has 31 heavy (non-hydrogen) atoms. The summed E-state index contributed by atoms with van der Waals surface area (Å²) < 4.78 is 0. The first-order valence-electron chi connectivity index (χ1n) is 9.48. The summed E-state index contributed by atoms with van der Waals surface area (Å²) in [5, 5.41) is 5.50. The Hall–Kier alpha value is -3.77. The summed E-state index contributed by atoms with van der Waals surface area (Å²) in [7, 11) is 0. The molecule has 0 atom stereocenters. The van der Waals surface area contributed by atoms with Crippen molar-refractivity contribution in [2.24, 2.45) is 4.99 Å². The summed E-state index contributed by atoms with van der Waals surface area (Å²) in [5.41, 5.74) is 1.94. The zero-order chi connectivity index (χ0) is 22.4. The summed E-state index contributed by atoms with van der Waals surface area (Å²) in [4.78, 5) is 41.3. The van der Waals surface area contributed by atoms with E-state index in [1.807, 2.05) is 13.0 Å². The number of fused-ring (bicyclic) bond motifs is 1. The summed E-state index contributed by atoms with van der Waals surface area (Å²) in [6.45, 7) is 5.54. The number of carbonyl (C=O) groups is 3. The number of allylic oxidation sites excluding steroid dienone is 5. The summed E-state index contributed by atoms with van der Waals surface area (Å²) in [5.74, 6) is -0.688. The normalized spacial score (nSPS) is 13.9. The molecule has 6 nitrogen and oxygen atoms in total. The average Bonchev–Trinajstić information content (AvgIpc) is 2.80. The molecule has 0 unspecified atom stereocenters. The maximum atomic E-state index is 12.7. The Morgan fingerprint density at radius 3 is 2.32 bits per heavy atom. The highest BCUT2D eigenvalue weighted by atomic mass is 35.5. The number of nitrogens with zero attached hydrogens (tertiary/aromatic N) is 1. The van der Waals surface area contributed by atoms with Crippen molar-refractivity contribution in [2.45, 2.75) is 13.5 Å². The van der Waals surface area contributed by atoms with Crippen LogP contribution in [-0.2, 0) is 6.54 Å². The van der Waals surface area contributed by atoms with Gasteiger partial charge in [0.15, 0.2) is 0 Å². The molecule has 0 heterocycles. The van der Waals surface area contributed by atoms with Crippen molar-refractivity contribution < 1.29 is 14.4 Å². The van der Waals surface area contributed by atoms with E-state index in [0.717, 1.165) is 5.56 Å². The number of hydrogen-bond donors (Lipinski definition) is 2. The van der Waals surface area contributed by atoms with Crippen LogP contribution in [0.2, 0.25) is 0 Å². The second kappa shape index (κ2) is 9.82. The zero-order valence-corrected chi connectivity index (χ0v) is 17.6. The Bertz CT molecular complexity index is 1140. The number of Topliss-reactive ketones (excluding diaryl/α,β-unsaturated/α-hetero) is 2. The number of rotatable bonds is 7. The Morgan fingerprint density at radius 2 is 1.71 bits per heavy atom. The van der Waals surface area contributed by atoms with Crippen LogP contribution in [0.4, 0.5) is 0 Å². The first kappa shape index (κ1) is 21.9. The van der Waals surface area contributed by atoms with Crippen LogP contribution in [0, 0.1) is 0 Å². The van der Waals surface area contributed by atoms with Crippen molar-refractivity contribution >= 4 is 35.8 Å². The monoisotopic (exact) mass is 433 g/mol. The number of hydrogen-bond acceptors (Lipinski definition) is 5. The Balaban J connectivity index is 1.69.